The van der Waals surface area contributed by atoms with Gasteiger partial charge in [-0.15, -0.1) is 11.3 Å². The lowest BCUT2D eigenvalue weighted by molar-refractivity contribution is 0.832. The van der Waals surface area contributed by atoms with Crippen LogP contribution in [-0.2, 0) is 0 Å². The Labute approximate surface area is 82.2 Å². The van der Waals surface area contributed by atoms with Crippen molar-refractivity contribution >= 4 is 21.4 Å². The van der Waals surface area contributed by atoms with Crippen molar-refractivity contribution in [2.75, 3.05) is 0 Å². The van der Waals surface area contributed by atoms with Gasteiger partial charge in [-0.25, -0.2) is 0 Å². The molecular formula is C11H13NS. The zero-order chi connectivity index (χ0) is 9.42. The molecule has 0 saturated carbocycles. The van der Waals surface area contributed by atoms with E-state index in [9.17, 15) is 0 Å². The monoisotopic (exact) mass is 191 g/mol. The van der Waals surface area contributed by atoms with Crippen LogP contribution in [0, 0.1) is 6.92 Å². The number of benzene rings is 1. The predicted octanol–water partition coefficient (Wildman–Crippen LogP) is 3.23. The van der Waals surface area contributed by atoms with Crippen molar-refractivity contribution < 1.29 is 0 Å². The summed E-state index contributed by atoms with van der Waals surface area (Å²) in [5.74, 6) is 0. The molecule has 1 heterocycles. The van der Waals surface area contributed by atoms with Crippen LogP contribution < -0.4 is 5.73 Å². The molecule has 0 saturated heterocycles. The average molecular weight is 191 g/mol. The van der Waals surface area contributed by atoms with Crippen LogP contribution in [0.3, 0.4) is 0 Å². The number of hydrogen-bond acceptors (Lipinski definition) is 2. The van der Waals surface area contributed by atoms with Gasteiger partial charge in [-0.3, -0.25) is 0 Å². The molecule has 0 spiro atoms. The van der Waals surface area contributed by atoms with Crippen LogP contribution in [0.15, 0.2) is 24.3 Å². The lowest BCUT2D eigenvalue weighted by Gasteiger charge is -2.01. The third-order valence-corrected chi connectivity index (χ3v) is 3.77. The Morgan fingerprint density at radius 2 is 2.00 bits per heavy atom. The Morgan fingerprint density at radius 1 is 1.31 bits per heavy atom. The highest BCUT2D eigenvalue weighted by Gasteiger charge is 2.10. The van der Waals surface area contributed by atoms with Crippen molar-refractivity contribution in [3.8, 4) is 0 Å². The van der Waals surface area contributed by atoms with E-state index in [1.807, 2.05) is 6.92 Å². The first-order valence-electron chi connectivity index (χ1n) is 4.43. The molecule has 68 valence electrons. The minimum atomic E-state index is 0.150. The number of thiophene rings is 1. The van der Waals surface area contributed by atoms with Crippen LogP contribution in [0.25, 0.3) is 10.1 Å². The molecule has 0 fully saturated rings. The van der Waals surface area contributed by atoms with Crippen LogP contribution in [0.4, 0.5) is 0 Å². The molecule has 1 aromatic carbocycles. The molecule has 0 unspecified atom stereocenters. The second-order valence-corrected chi connectivity index (χ2v) is 4.46. The summed E-state index contributed by atoms with van der Waals surface area (Å²) in [6.45, 7) is 4.19. The summed E-state index contributed by atoms with van der Waals surface area (Å²) in [5, 5.41) is 1.35. The molecule has 0 radical (unpaired) electrons. The third kappa shape index (κ3) is 1.36. The smallest absolute Gasteiger partial charge is 0.0364 e. The molecule has 1 aromatic heterocycles. The third-order valence-electron chi connectivity index (χ3n) is 2.29. The second kappa shape index (κ2) is 3.13. The summed E-state index contributed by atoms with van der Waals surface area (Å²) < 4.78 is 1.34. The fourth-order valence-corrected chi connectivity index (χ4v) is 2.79. The van der Waals surface area contributed by atoms with Crippen LogP contribution in [0.1, 0.15) is 23.4 Å². The van der Waals surface area contributed by atoms with Gasteiger partial charge in [0.05, 0.1) is 0 Å². The molecule has 0 amide bonds. The van der Waals surface area contributed by atoms with E-state index in [2.05, 4.69) is 31.2 Å². The highest BCUT2D eigenvalue weighted by Crippen LogP contribution is 2.33. The zero-order valence-electron chi connectivity index (χ0n) is 7.87. The molecular weight excluding hydrogens is 178 g/mol. The summed E-state index contributed by atoms with van der Waals surface area (Å²) in [4.78, 5) is 1.31. The second-order valence-electron chi connectivity index (χ2n) is 3.38. The minimum absolute atomic E-state index is 0.150. The van der Waals surface area contributed by atoms with Gasteiger partial charge in [0.2, 0.25) is 0 Å². The molecule has 0 aliphatic carbocycles. The Morgan fingerprint density at radius 3 is 2.62 bits per heavy atom. The first-order valence-corrected chi connectivity index (χ1v) is 5.25. The highest BCUT2D eigenvalue weighted by molar-refractivity contribution is 7.19. The Hall–Kier alpha value is -0.860. The molecule has 13 heavy (non-hydrogen) atoms. The summed E-state index contributed by atoms with van der Waals surface area (Å²) >= 11 is 1.81. The van der Waals surface area contributed by atoms with Gasteiger partial charge in [-0.05, 0) is 30.9 Å². The summed E-state index contributed by atoms with van der Waals surface area (Å²) in [6.07, 6.45) is 0. The molecule has 2 rings (SSSR count). The first-order chi connectivity index (χ1) is 6.20. The summed E-state index contributed by atoms with van der Waals surface area (Å²) in [5.41, 5.74) is 7.23. The minimum Gasteiger partial charge on any atom is -0.323 e. The van der Waals surface area contributed by atoms with Crippen molar-refractivity contribution in [1.82, 2.24) is 0 Å². The van der Waals surface area contributed by atoms with Crippen molar-refractivity contribution in [1.29, 1.82) is 0 Å². The summed E-state index contributed by atoms with van der Waals surface area (Å²) in [6, 6.07) is 8.61. The number of hydrogen-bond donors (Lipinski definition) is 1. The molecule has 0 bridgehead atoms. The maximum Gasteiger partial charge on any atom is 0.0364 e. The van der Waals surface area contributed by atoms with Crippen LogP contribution in [0.5, 0.6) is 0 Å². The Balaban J connectivity index is 2.74. The van der Waals surface area contributed by atoms with Crippen LogP contribution in [0.2, 0.25) is 0 Å². The van der Waals surface area contributed by atoms with E-state index in [0.29, 0.717) is 0 Å². The van der Waals surface area contributed by atoms with Crippen molar-refractivity contribution in [2.45, 2.75) is 19.9 Å². The van der Waals surface area contributed by atoms with Gasteiger partial charge in [-0.2, -0.15) is 0 Å². The van der Waals surface area contributed by atoms with E-state index in [4.69, 9.17) is 5.73 Å². The highest BCUT2D eigenvalue weighted by atomic mass is 32.1. The molecule has 1 nitrogen and oxygen atoms in total. The van der Waals surface area contributed by atoms with E-state index >= 15 is 0 Å². The van der Waals surface area contributed by atoms with Gasteiger partial charge in [0, 0.05) is 15.6 Å². The fourth-order valence-electron chi connectivity index (χ4n) is 1.63. The lowest BCUT2D eigenvalue weighted by Crippen LogP contribution is -2.03. The molecule has 2 N–H and O–H groups in total. The molecule has 0 aliphatic rings. The Kier molecular flexibility index (Phi) is 2.10. The number of rotatable bonds is 1. The van der Waals surface area contributed by atoms with E-state index < -0.39 is 0 Å². The largest absolute Gasteiger partial charge is 0.323 e. The van der Waals surface area contributed by atoms with E-state index in [-0.39, 0.29) is 6.04 Å². The van der Waals surface area contributed by atoms with Gasteiger partial charge in [0.25, 0.3) is 0 Å². The fraction of sp³-hybridized carbons (Fsp3) is 0.273. The predicted molar refractivity (Wildman–Crippen MR) is 59.2 cm³/mol. The average Bonchev–Trinajstić information content (AvgIpc) is 2.45. The van der Waals surface area contributed by atoms with Crippen molar-refractivity contribution in [3.63, 3.8) is 0 Å². The number of fused-ring (bicyclic) bond motifs is 1. The van der Waals surface area contributed by atoms with Gasteiger partial charge in [0.15, 0.2) is 0 Å². The first kappa shape index (κ1) is 8.73. The van der Waals surface area contributed by atoms with Gasteiger partial charge in [0.1, 0.15) is 0 Å². The van der Waals surface area contributed by atoms with Crippen LogP contribution in [-0.4, -0.2) is 0 Å². The van der Waals surface area contributed by atoms with Crippen molar-refractivity contribution in [3.05, 3.63) is 34.7 Å². The molecule has 2 heteroatoms. The SMILES string of the molecule is Cc1c([C@@H](C)N)sc2ccccc12. The maximum absolute atomic E-state index is 5.89. The van der Waals surface area contributed by atoms with Crippen LogP contribution >= 0.6 is 11.3 Å². The topological polar surface area (TPSA) is 26.0 Å². The maximum atomic E-state index is 5.89. The van der Waals surface area contributed by atoms with E-state index in [1.54, 1.807) is 11.3 Å². The van der Waals surface area contributed by atoms with Crippen molar-refractivity contribution in [2.24, 2.45) is 5.73 Å². The molecule has 0 aliphatic heterocycles. The Bertz CT molecular complexity index is 429. The molecule has 1 atom stereocenters. The quantitative estimate of drug-likeness (QED) is 0.735. The standard InChI is InChI=1S/C11H13NS/c1-7-9-5-3-4-6-10(9)13-11(7)8(2)12/h3-6,8H,12H2,1-2H3/t8-/m1/s1. The number of aryl methyl sites for hydroxylation is 1. The van der Waals surface area contributed by atoms with E-state index in [1.165, 1.54) is 20.5 Å². The lowest BCUT2D eigenvalue weighted by atomic mass is 10.1. The normalized spacial score (nSPS) is 13.5. The molecule has 2 aromatic rings. The summed E-state index contributed by atoms with van der Waals surface area (Å²) in [7, 11) is 0. The number of nitrogens with two attached hydrogens (primary N) is 1. The van der Waals surface area contributed by atoms with E-state index in [0.717, 1.165) is 0 Å². The van der Waals surface area contributed by atoms with Gasteiger partial charge < -0.3 is 5.73 Å². The van der Waals surface area contributed by atoms with Gasteiger partial charge in [-0.1, -0.05) is 18.2 Å². The van der Waals surface area contributed by atoms with Gasteiger partial charge >= 0.3 is 0 Å². The zero-order valence-corrected chi connectivity index (χ0v) is 8.69.